The first-order chi connectivity index (χ1) is 10.6. The lowest BCUT2D eigenvalue weighted by molar-refractivity contribution is 0.0942. The molecule has 3 N–H and O–H groups in total. The van der Waals surface area contributed by atoms with E-state index in [0.717, 1.165) is 21.9 Å². The highest BCUT2D eigenvalue weighted by Crippen LogP contribution is 2.15. The average molecular weight is 319 g/mol. The summed E-state index contributed by atoms with van der Waals surface area (Å²) in [6, 6.07) is 6.05. The number of aryl methyl sites for hydroxylation is 2. The standard InChI is InChI=1S/C16H21N3O2S/c1-11-7-12(2)9-13(8-11)21-6-5-18-16(20)14-10-22-15(19-14)3-4-17/h7-10H,3-6,17H2,1-2H3,(H,18,20). The molecule has 2 rings (SSSR count). The molecule has 118 valence electrons. The molecule has 0 atom stereocenters. The number of nitrogens with two attached hydrogens (primary N) is 1. The summed E-state index contributed by atoms with van der Waals surface area (Å²) in [4.78, 5) is 16.2. The Hall–Kier alpha value is -1.92. The molecule has 0 aliphatic heterocycles. The first-order valence-corrected chi connectivity index (χ1v) is 8.10. The van der Waals surface area contributed by atoms with E-state index in [1.807, 2.05) is 26.0 Å². The van der Waals surface area contributed by atoms with E-state index in [2.05, 4.69) is 16.4 Å². The molecule has 0 bridgehead atoms. The second-order valence-corrected chi connectivity index (χ2v) is 6.04. The van der Waals surface area contributed by atoms with Crippen LogP contribution in [0.5, 0.6) is 5.75 Å². The molecule has 0 aliphatic rings. The predicted octanol–water partition coefficient (Wildman–Crippen LogP) is 2.07. The molecule has 1 amide bonds. The van der Waals surface area contributed by atoms with Crippen molar-refractivity contribution in [1.82, 2.24) is 10.3 Å². The molecule has 0 unspecified atom stereocenters. The van der Waals surface area contributed by atoms with Gasteiger partial charge in [0, 0.05) is 11.8 Å². The monoisotopic (exact) mass is 319 g/mol. The topological polar surface area (TPSA) is 77.2 Å². The average Bonchev–Trinajstić information content (AvgIpc) is 2.91. The summed E-state index contributed by atoms with van der Waals surface area (Å²) in [5.41, 5.74) is 8.24. The Bertz CT molecular complexity index is 620. The van der Waals surface area contributed by atoms with Gasteiger partial charge in [-0.25, -0.2) is 4.98 Å². The Balaban J connectivity index is 1.76. The van der Waals surface area contributed by atoms with Crippen LogP contribution in [0.1, 0.15) is 26.6 Å². The molecule has 6 heteroatoms. The Morgan fingerprint density at radius 1 is 1.32 bits per heavy atom. The zero-order chi connectivity index (χ0) is 15.9. The number of hydrogen-bond acceptors (Lipinski definition) is 5. The number of carbonyl (C=O) groups excluding carboxylic acids is 1. The van der Waals surface area contributed by atoms with Gasteiger partial charge in [-0.3, -0.25) is 4.79 Å². The predicted molar refractivity (Wildman–Crippen MR) is 88.6 cm³/mol. The van der Waals surface area contributed by atoms with Crippen molar-refractivity contribution < 1.29 is 9.53 Å². The number of benzene rings is 1. The second kappa shape index (κ2) is 7.91. The van der Waals surface area contributed by atoms with Crippen molar-refractivity contribution in [3.05, 3.63) is 45.4 Å². The molecule has 0 aliphatic carbocycles. The minimum absolute atomic E-state index is 0.177. The van der Waals surface area contributed by atoms with E-state index in [-0.39, 0.29) is 5.91 Å². The fourth-order valence-corrected chi connectivity index (χ4v) is 2.89. The third-order valence-corrected chi connectivity index (χ3v) is 3.90. The molecular formula is C16H21N3O2S. The Morgan fingerprint density at radius 2 is 2.05 bits per heavy atom. The van der Waals surface area contributed by atoms with E-state index >= 15 is 0 Å². The first-order valence-electron chi connectivity index (χ1n) is 7.22. The van der Waals surface area contributed by atoms with Gasteiger partial charge in [-0.05, 0) is 43.7 Å². The lowest BCUT2D eigenvalue weighted by Gasteiger charge is -2.08. The molecule has 0 fully saturated rings. The van der Waals surface area contributed by atoms with E-state index in [4.69, 9.17) is 10.5 Å². The Morgan fingerprint density at radius 3 is 2.73 bits per heavy atom. The molecule has 5 nitrogen and oxygen atoms in total. The third-order valence-electron chi connectivity index (χ3n) is 2.99. The van der Waals surface area contributed by atoms with E-state index in [0.29, 0.717) is 31.8 Å². The van der Waals surface area contributed by atoms with Crippen molar-refractivity contribution >= 4 is 17.2 Å². The fourth-order valence-electron chi connectivity index (χ4n) is 2.09. The van der Waals surface area contributed by atoms with Crippen molar-refractivity contribution in [3.63, 3.8) is 0 Å². The van der Waals surface area contributed by atoms with Crippen LogP contribution < -0.4 is 15.8 Å². The third kappa shape index (κ3) is 4.82. The van der Waals surface area contributed by atoms with Crippen LogP contribution in [0, 0.1) is 13.8 Å². The minimum atomic E-state index is -0.177. The molecule has 1 aromatic heterocycles. The molecule has 0 saturated heterocycles. The van der Waals surface area contributed by atoms with E-state index in [1.165, 1.54) is 11.3 Å². The number of aromatic nitrogens is 1. The summed E-state index contributed by atoms with van der Waals surface area (Å²) in [6.07, 6.45) is 0.702. The highest BCUT2D eigenvalue weighted by Gasteiger charge is 2.09. The maximum Gasteiger partial charge on any atom is 0.270 e. The van der Waals surface area contributed by atoms with Gasteiger partial charge in [-0.1, -0.05) is 6.07 Å². The molecule has 2 aromatic rings. The summed E-state index contributed by atoms with van der Waals surface area (Å²) in [6.45, 7) is 5.47. The number of ether oxygens (including phenoxy) is 1. The van der Waals surface area contributed by atoms with Gasteiger partial charge < -0.3 is 15.8 Å². The van der Waals surface area contributed by atoms with Gasteiger partial charge in [0.05, 0.1) is 11.6 Å². The van der Waals surface area contributed by atoms with Gasteiger partial charge in [0.2, 0.25) is 0 Å². The van der Waals surface area contributed by atoms with Crippen LogP contribution in [0.4, 0.5) is 0 Å². The number of amides is 1. The van der Waals surface area contributed by atoms with Crippen molar-refractivity contribution in [3.8, 4) is 5.75 Å². The number of nitrogens with zero attached hydrogens (tertiary/aromatic N) is 1. The van der Waals surface area contributed by atoms with Gasteiger partial charge in [0.25, 0.3) is 5.91 Å². The highest BCUT2D eigenvalue weighted by molar-refractivity contribution is 7.09. The van der Waals surface area contributed by atoms with Gasteiger partial charge >= 0.3 is 0 Å². The quantitative estimate of drug-likeness (QED) is 0.766. The molecule has 22 heavy (non-hydrogen) atoms. The lowest BCUT2D eigenvalue weighted by atomic mass is 10.1. The number of rotatable bonds is 7. The Labute approximate surface area is 134 Å². The molecule has 1 aromatic carbocycles. The number of hydrogen-bond donors (Lipinski definition) is 2. The van der Waals surface area contributed by atoms with Gasteiger partial charge in [0.15, 0.2) is 0 Å². The van der Waals surface area contributed by atoms with E-state index < -0.39 is 0 Å². The van der Waals surface area contributed by atoms with Crippen LogP contribution in [0.2, 0.25) is 0 Å². The summed E-state index contributed by atoms with van der Waals surface area (Å²) in [5, 5.41) is 5.45. The largest absolute Gasteiger partial charge is 0.492 e. The normalized spacial score (nSPS) is 10.5. The van der Waals surface area contributed by atoms with Crippen LogP contribution >= 0.6 is 11.3 Å². The maximum absolute atomic E-state index is 11.9. The molecule has 0 radical (unpaired) electrons. The summed E-state index contributed by atoms with van der Waals surface area (Å²) in [5.74, 6) is 0.647. The van der Waals surface area contributed by atoms with Crippen LogP contribution in [0.15, 0.2) is 23.6 Å². The van der Waals surface area contributed by atoms with Crippen LogP contribution in [-0.4, -0.2) is 30.6 Å². The molecule has 0 spiro atoms. The summed E-state index contributed by atoms with van der Waals surface area (Å²) < 4.78 is 5.65. The summed E-state index contributed by atoms with van der Waals surface area (Å²) in [7, 11) is 0. The Kier molecular flexibility index (Phi) is 5.91. The van der Waals surface area contributed by atoms with Gasteiger partial charge in [-0.2, -0.15) is 0 Å². The van der Waals surface area contributed by atoms with Crippen molar-refractivity contribution in [2.24, 2.45) is 5.73 Å². The second-order valence-electron chi connectivity index (χ2n) is 5.09. The maximum atomic E-state index is 11.9. The molecular weight excluding hydrogens is 298 g/mol. The van der Waals surface area contributed by atoms with E-state index in [1.54, 1.807) is 5.38 Å². The summed E-state index contributed by atoms with van der Waals surface area (Å²) >= 11 is 1.46. The zero-order valence-corrected chi connectivity index (χ0v) is 13.7. The van der Waals surface area contributed by atoms with Gasteiger partial charge in [-0.15, -0.1) is 11.3 Å². The van der Waals surface area contributed by atoms with E-state index in [9.17, 15) is 4.79 Å². The molecule has 1 heterocycles. The van der Waals surface area contributed by atoms with Crippen LogP contribution in [0.25, 0.3) is 0 Å². The first kappa shape index (κ1) is 16.5. The van der Waals surface area contributed by atoms with Gasteiger partial charge in [0.1, 0.15) is 18.1 Å². The van der Waals surface area contributed by atoms with Crippen molar-refractivity contribution in [2.75, 3.05) is 19.7 Å². The zero-order valence-electron chi connectivity index (χ0n) is 12.9. The van der Waals surface area contributed by atoms with Crippen molar-refractivity contribution in [2.45, 2.75) is 20.3 Å². The van der Waals surface area contributed by atoms with Crippen molar-refractivity contribution in [1.29, 1.82) is 0 Å². The SMILES string of the molecule is Cc1cc(C)cc(OCCNC(=O)c2csc(CCN)n2)c1. The lowest BCUT2D eigenvalue weighted by Crippen LogP contribution is -2.28. The molecule has 0 saturated carbocycles. The number of thiazole rings is 1. The van der Waals surface area contributed by atoms with Crippen LogP contribution in [0.3, 0.4) is 0 Å². The number of nitrogens with one attached hydrogen (secondary N) is 1. The highest BCUT2D eigenvalue weighted by atomic mass is 32.1. The van der Waals surface area contributed by atoms with Crippen LogP contribution in [-0.2, 0) is 6.42 Å². The fraction of sp³-hybridized carbons (Fsp3) is 0.375. The minimum Gasteiger partial charge on any atom is -0.492 e. The number of carbonyl (C=O) groups is 1. The smallest absolute Gasteiger partial charge is 0.270 e.